The smallest absolute Gasteiger partial charge is 0.324 e. The van der Waals surface area contributed by atoms with Crippen LogP contribution >= 0.6 is 11.6 Å². The van der Waals surface area contributed by atoms with Crippen LogP contribution in [-0.4, -0.2) is 36.2 Å². The minimum Gasteiger partial charge on any atom is -0.324 e. The number of hydrogen-bond acceptors (Lipinski definition) is 3. The van der Waals surface area contributed by atoms with E-state index in [1.807, 2.05) is 0 Å². The third-order valence-electron chi connectivity index (χ3n) is 3.34. The summed E-state index contributed by atoms with van der Waals surface area (Å²) in [4.78, 5) is 24.7. The van der Waals surface area contributed by atoms with Crippen LogP contribution in [0.3, 0.4) is 0 Å². The van der Waals surface area contributed by atoms with Crippen LogP contribution in [0.1, 0.15) is 18.4 Å². The lowest BCUT2D eigenvalue weighted by atomic mass is 10.1. The lowest BCUT2D eigenvalue weighted by molar-refractivity contribution is -0.137. The maximum atomic E-state index is 12.9. The van der Waals surface area contributed by atoms with Crippen molar-refractivity contribution in [2.45, 2.75) is 19.0 Å². The van der Waals surface area contributed by atoms with Crippen LogP contribution in [0, 0.1) is 0 Å². The molecule has 2 rings (SSSR count). The van der Waals surface area contributed by atoms with Gasteiger partial charge < -0.3 is 5.32 Å². The van der Waals surface area contributed by atoms with Gasteiger partial charge in [-0.2, -0.15) is 13.2 Å². The zero-order valence-electron chi connectivity index (χ0n) is 11.5. The molecule has 0 aromatic heterocycles. The van der Waals surface area contributed by atoms with Crippen molar-refractivity contribution in [3.05, 3.63) is 28.8 Å². The molecule has 0 atom stereocenters. The Kier molecular flexibility index (Phi) is 5.08. The van der Waals surface area contributed by atoms with Crippen molar-refractivity contribution in [3.63, 3.8) is 0 Å². The summed E-state index contributed by atoms with van der Waals surface area (Å²) in [5.74, 6) is -0.420. The standard InChI is InChI=1S/C14H14ClF3N2O2/c15-9-1-2-12(11(7-9)14(16,17)18)19-13(22)8-20-5-3-10(21)4-6-20/h1-2,7H,3-6,8H2,(H,19,22). The van der Waals surface area contributed by atoms with Crippen molar-refractivity contribution < 1.29 is 22.8 Å². The minimum absolute atomic E-state index is 0.0484. The molecule has 1 fully saturated rings. The minimum atomic E-state index is -4.61. The van der Waals surface area contributed by atoms with Crippen molar-refractivity contribution in [3.8, 4) is 0 Å². The van der Waals surface area contributed by atoms with Crippen molar-refractivity contribution in [2.75, 3.05) is 25.0 Å². The molecule has 0 aliphatic carbocycles. The lowest BCUT2D eigenvalue weighted by Crippen LogP contribution is -2.39. The highest BCUT2D eigenvalue weighted by Gasteiger charge is 2.34. The molecule has 1 aliphatic heterocycles. The summed E-state index contributed by atoms with van der Waals surface area (Å²) in [6.07, 6.45) is -3.88. The number of ketones is 1. The van der Waals surface area contributed by atoms with Gasteiger partial charge in [-0.15, -0.1) is 0 Å². The maximum absolute atomic E-state index is 12.9. The van der Waals surface area contributed by atoms with E-state index in [-0.39, 0.29) is 23.0 Å². The molecule has 1 aliphatic rings. The summed E-state index contributed by atoms with van der Waals surface area (Å²) < 4.78 is 38.8. The lowest BCUT2D eigenvalue weighted by Gasteiger charge is -2.25. The Labute approximate surface area is 130 Å². The third kappa shape index (κ3) is 4.45. The van der Waals surface area contributed by atoms with Crippen LogP contribution in [0.25, 0.3) is 0 Å². The number of nitrogens with one attached hydrogen (secondary N) is 1. The summed E-state index contributed by atoms with van der Waals surface area (Å²) in [6, 6.07) is 3.19. The van der Waals surface area contributed by atoms with Gasteiger partial charge in [0.2, 0.25) is 5.91 Å². The molecule has 0 bridgehead atoms. The largest absolute Gasteiger partial charge is 0.418 e. The zero-order chi connectivity index (χ0) is 16.3. The summed E-state index contributed by atoms with van der Waals surface area (Å²) in [6.45, 7) is 0.838. The molecular weight excluding hydrogens is 321 g/mol. The summed E-state index contributed by atoms with van der Waals surface area (Å²) >= 11 is 5.58. The number of anilines is 1. The highest BCUT2D eigenvalue weighted by Crippen LogP contribution is 2.36. The number of rotatable bonds is 3. The van der Waals surface area contributed by atoms with Gasteiger partial charge in [0.25, 0.3) is 0 Å². The Morgan fingerprint density at radius 3 is 2.50 bits per heavy atom. The van der Waals surface area contributed by atoms with Crippen LogP contribution < -0.4 is 5.32 Å². The molecule has 120 valence electrons. The summed E-state index contributed by atoms with van der Waals surface area (Å²) in [5, 5.41) is 2.20. The van der Waals surface area contributed by atoms with E-state index in [0.29, 0.717) is 25.9 Å². The number of piperidine rings is 1. The third-order valence-corrected chi connectivity index (χ3v) is 3.58. The van der Waals surface area contributed by atoms with Gasteiger partial charge in [-0.05, 0) is 18.2 Å². The first-order valence-corrected chi connectivity index (χ1v) is 7.04. The fraction of sp³-hybridized carbons (Fsp3) is 0.429. The molecule has 0 radical (unpaired) electrons. The normalized spacial score (nSPS) is 16.6. The van der Waals surface area contributed by atoms with E-state index in [0.717, 1.165) is 12.1 Å². The van der Waals surface area contributed by atoms with E-state index in [2.05, 4.69) is 5.32 Å². The predicted octanol–water partition coefficient (Wildman–Crippen LogP) is 2.96. The maximum Gasteiger partial charge on any atom is 0.418 e. The van der Waals surface area contributed by atoms with E-state index >= 15 is 0 Å². The average Bonchev–Trinajstić information content (AvgIpc) is 2.42. The van der Waals surface area contributed by atoms with Gasteiger partial charge in [-0.25, -0.2) is 0 Å². The molecule has 0 spiro atoms. The molecule has 1 amide bonds. The molecule has 4 nitrogen and oxygen atoms in total. The predicted molar refractivity (Wildman–Crippen MR) is 75.8 cm³/mol. The Hall–Kier alpha value is -1.60. The first kappa shape index (κ1) is 16.8. The van der Waals surface area contributed by atoms with Gasteiger partial charge in [0.1, 0.15) is 5.78 Å². The van der Waals surface area contributed by atoms with Crippen molar-refractivity contribution >= 4 is 29.0 Å². The molecular formula is C14H14ClF3N2O2. The number of benzene rings is 1. The van der Waals surface area contributed by atoms with Gasteiger partial charge in [0.05, 0.1) is 17.8 Å². The van der Waals surface area contributed by atoms with E-state index in [1.54, 1.807) is 4.90 Å². The Balaban J connectivity index is 2.04. The van der Waals surface area contributed by atoms with Crippen LogP contribution in [0.4, 0.5) is 18.9 Å². The van der Waals surface area contributed by atoms with Crippen molar-refractivity contribution in [2.24, 2.45) is 0 Å². The van der Waals surface area contributed by atoms with E-state index < -0.39 is 17.6 Å². The first-order valence-electron chi connectivity index (χ1n) is 6.66. The monoisotopic (exact) mass is 334 g/mol. The van der Waals surface area contributed by atoms with Crippen LogP contribution in [-0.2, 0) is 15.8 Å². The molecule has 22 heavy (non-hydrogen) atoms. The molecule has 1 saturated heterocycles. The zero-order valence-corrected chi connectivity index (χ0v) is 12.3. The van der Waals surface area contributed by atoms with E-state index in [9.17, 15) is 22.8 Å². The van der Waals surface area contributed by atoms with E-state index in [4.69, 9.17) is 11.6 Å². The molecule has 1 aromatic rings. The highest BCUT2D eigenvalue weighted by atomic mass is 35.5. The number of halogens is 4. The van der Waals surface area contributed by atoms with Gasteiger partial charge in [0, 0.05) is 31.0 Å². The highest BCUT2D eigenvalue weighted by molar-refractivity contribution is 6.30. The van der Waals surface area contributed by atoms with Crippen molar-refractivity contribution in [1.82, 2.24) is 4.90 Å². The van der Waals surface area contributed by atoms with Gasteiger partial charge in [-0.1, -0.05) is 11.6 Å². The quantitative estimate of drug-likeness (QED) is 0.924. The Morgan fingerprint density at radius 2 is 1.91 bits per heavy atom. The second-order valence-electron chi connectivity index (χ2n) is 5.05. The fourth-order valence-corrected chi connectivity index (χ4v) is 2.39. The fourth-order valence-electron chi connectivity index (χ4n) is 2.21. The molecule has 0 unspecified atom stereocenters. The average molecular weight is 335 g/mol. The van der Waals surface area contributed by atoms with Crippen LogP contribution in [0.5, 0.6) is 0 Å². The Morgan fingerprint density at radius 1 is 1.27 bits per heavy atom. The molecule has 8 heteroatoms. The number of carbonyl (C=O) groups is 2. The SMILES string of the molecule is O=C1CCN(CC(=O)Nc2ccc(Cl)cc2C(F)(F)F)CC1. The number of carbonyl (C=O) groups excluding carboxylic acids is 2. The van der Waals surface area contributed by atoms with Crippen LogP contribution in [0.2, 0.25) is 5.02 Å². The van der Waals surface area contributed by atoms with Gasteiger partial charge >= 0.3 is 6.18 Å². The second kappa shape index (κ2) is 6.66. The molecule has 1 aromatic carbocycles. The number of likely N-dealkylation sites (tertiary alicyclic amines) is 1. The first-order chi connectivity index (χ1) is 10.3. The Bertz CT molecular complexity index is 580. The summed E-state index contributed by atoms with van der Waals surface area (Å²) in [5.41, 5.74) is -1.31. The second-order valence-corrected chi connectivity index (χ2v) is 5.49. The molecule has 1 heterocycles. The number of alkyl halides is 3. The number of amides is 1. The van der Waals surface area contributed by atoms with Gasteiger partial charge in [-0.3, -0.25) is 14.5 Å². The van der Waals surface area contributed by atoms with Gasteiger partial charge in [0.15, 0.2) is 0 Å². The van der Waals surface area contributed by atoms with Crippen LogP contribution in [0.15, 0.2) is 18.2 Å². The molecule has 1 N–H and O–H groups in total. The van der Waals surface area contributed by atoms with E-state index in [1.165, 1.54) is 6.07 Å². The number of hydrogen-bond donors (Lipinski definition) is 1. The number of Topliss-reactive ketones (excluding diaryl/α,β-unsaturated/α-hetero) is 1. The number of nitrogens with zero attached hydrogens (tertiary/aromatic N) is 1. The molecule has 0 saturated carbocycles. The topological polar surface area (TPSA) is 49.4 Å². The summed E-state index contributed by atoms with van der Waals surface area (Å²) in [7, 11) is 0. The van der Waals surface area contributed by atoms with Crippen molar-refractivity contribution in [1.29, 1.82) is 0 Å².